The minimum Gasteiger partial charge on any atom is -0.455 e. The second-order valence-corrected chi connectivity index (χ2v) is 7.65. The van der Waals surface area contributed by atoms with Gasteiger partial charge in [0.1, 0.15) is 10.7 Å². The van der Waals surface area contributed by atoms with Crippen LogP contribution in [0.15, 0.2) is 15.4 Å². The van der Waals surface area contributed by atoms with Crippen LogP contribution < -0.4 is 10.5 Å². The summed E-state index contributed by atoms with van der Waals surface area (Å²) in [4.78, 5) is 14.2. The second kappa shape index (κ2) is 5.68. The molecule has 0 aliphatic carbocycles. The van der Waals surface area contributed by atoms with E-state index in [1.165, 1.54) is 13.0 Å². The highest BCUT2D eigenvalue weighted by Gasteiger charge is 2.33. The highest BCUT2D eigenvalue weighted by atomic mass is 32.2. The lowest BCUT2D eigenvalue weighted by Gasteiger charge is -2.19. The van der Waals surface area contributed by atoms with Gasteiger partial charge in [0.25, 0.3) is 5.91 Å². The van der Waals surface area contributed by atoms with Crippen LogP contribution in [-0.4, -0.2) is 45.4 Å². The van der Waals surface area contributed by atoms with Gasteiger partial charge in [-0.1, -0.05) is 0 Å². The molecule has 2 aliphatic heterocycles. The molecule has 2 fully saturated rings. The normalized spacial score (nSPS) is 25.8. The molecule has 22 heavy (non-hydrogen) atoms. The Balaban J connectivity index is 1.77. The Hall–Kier alpha value is -1.38. The van der Waals surface area contributed by atoms with Gasteiger partial charge in [-0.3, -0.25) is 4.79 Å². The largest absolute Gasteiger partial charge is 0.455 e. The molecule has 2 saturated heterocycles. The van der Waals surface area contributed by atoms with E-state index in [-0.39, 0.29) is 22.3 Å². The molecule has 8 heteroatoms. The molecule has 0 aromatic carbocycles. The first-order valence-corrected chi connectivity index (χ1v) is 9.04. The Bertz CT molecular complexity index is 668. The zero-order valence-corrected chi connectivity index (χ0v) is 13.4. The quantitative estimate of drug-likeness (QED) is 0.813. The number of nitrogens with two attached hydrogens (primary N) is 1. The van der Waals surface area contributed by atoms with Gasteiger partial charge in [0, 0.05) is 19.2 Å². The molecule has 0 radical (unpaired) electrons. The van der Waals surface area contributed by atoms with Crippen molar-refractivity contribution in [2.75, 3.05) is 26.2 Å². The average Bonchev–Trinajstić information content (AvgIpc) is 3.00. The molecule has 3 rings (SSSR count). The number of rotatable bonds is 2. The lowest BCUT2D eigenvalue weighted by atomic mass is 9.92. The van der Waals surface area contributed by atoms with Gasteiger partial charge in [0.05, 0.1) is 0 Å². The zero-order chi connectivity index (χ0) is 15.9. The molecule has 2 atom stereocenters. The number of sulfonamides is 1. The summed E-state index contributed by atoms with van der Waals surface area (Å²) in [5.74, 6) is 1.19. The SMILES string of the molecule is Cc1oc(C(=O)N2CC[C@@H]3CNC[C@@H]3CC2)cc1S(N)(=O)=O. The first-order chi connectivity index (χ1) is 10.4. The highest BCUT2D eigenvalue weighted by molar-refractivity contribution is 7.89. The van der Waals surface area contributed by atoms with Crippen LogP contribution in [0.2, 0.25) is 0 Å². The van der Waals surface area contributed by atoms with Crippen LogP contribution in [0.25, 0.3) is 0 Å². The fourth-order valence-electron chi connectivity index (χ4n) is 3.43. The lowest BCUT2D eigenvalue weighted by Crippen LogP contribution is -2.32. The van der Waals surface area contributed by atoms with Crippen molar-refractivity contribution in [3.05, 3.63) is 17.6 Å². The molecule has 0 spiro atoms. The molecular weight excluding hydrogens is 306 g/mol. The maximum absolute atomic E-state index is 12.5. The standard InChI is InChI=1S/C14H21N3O4S/c1-9-13(22(15,19)20)6-12(21-9)14(18)17-4-2-10-7-16-8-11(10)3-5-17/h6,10-11,16H,2-5,7-8H2,1H3,(H2,15,19,20)/t10-,11+. The van der Waals surface area contributed by atoms with Crippen LogP contribution in [0.1, 0.15) is 29.2 Å². The first-order valence-electron chi connectivity index (χ1n) is 7.49. The van der Waals surface area contributed by atoms with Gasteiger partial charge in [-0.2, -0.15) is 0 Å². The summed E-state index contributed by atoms with van der Waals surface area (Å²) >= 11 is 0. The number of fused-ring (bicyclic) bond motifs is 1. The number of nitrogens with one attached hydrogen (secondary N) is 1. The van der Waals surface area contributed by atoms with Crippen LogP contribution in [0, 0.1) is 18.8 Å². The number of primary sulfonamides is 1. The summed E-state index contributed by atoms with van der Waals surface area (Å²) in [7, 11) is -3.87. The van der Waals surface area contributed by atoms with E-state index in [0.29, 0.717) is 24.9 Å². The highest BCUT2D eigenvalue weighted by Crippen LogP contribution is 2.28. The predicted molar refractivity (Wildman–Crippen MR) is 79.8 cm³/mol. The van der Waals surface area contributed by atoms with Gasteiger partial charge >= 0.3 is 0 Å². The number of furan rings is 1. The molecule has 1 aromatic heterocycles. The minimum atomic E-state index is -3.87. The minimum absolute atomic E-state index is 0.0479. The fourth-order valence-corrected chi connectivity index (χ4v) is 4.14. The van der Waals surface area contributed by atoms with E-state index in [0.717, 1.165) is 25.9 Å². The molecular formula is C14H21N3O4S. The Morgan fingerprint density at radius 2 is 1.91 bits per heavy atom. The van der Waals surface area contributed by atoms with Crippen molar-refractivity contribution >= 4 is 15.9 Å². The molecule has 2 aliphatic rings. The van der Waals surface area contributed by atoms with Gasteiger partial charge in [-0.15, -0.1) is 0 Å². The monoisotopic (exact) mass is 327 g/mol. The summed E-state index contributed by atoms with van der Waals surface area (Å²) in [5.41, 5.74) is 0. The van der Waals surface area contributed by atoms with Gasteiger partial charge in [0.15, 0.2) is 5.76 Å². The smallest absolute Gasteiger partial charge is 0.289 e. The summed E-state index contributed by atoms with van der Waals surface area (Å²) < 4.78 is 28.2. The van der Waals surface area contributed by atoms with Crippen molar-refractivity contribution in [1.82, 2.24) is 10.2 Å². The Morgan fingerprint density at radius 1 is 1.32 bits per heavy atom. The molecule has 3 heterocycles. The summed E-state index contributed by atoms with van der Waals surface area (Å²) in [6.45, 7) is 4.87. The first kappa shape index (κ1) is 15.5. The molecule has 0 saturated carbocycles. The van der Waals surface area contributed by atoms with Crippen molar-refractivity contribution in [3.63, 3.8) is 0 Å². The Labute approximate surface area is 129 Å². The topological polar surface area (TPSA) is 106 Å². The number of carbonyl (C=O) groups excluding carboxylic acids is 1. The molecule has 0 unspecified atom stereocenters. The van der Waals surface area contributed by atoms with Crippen LogP contribution in [0.4, 0.5) is 0 Å². The molecule has 7 nitrogen and oxygen atoms in total. The zero-order valence-electron chi connectivity index (χ0n) is 12.5. The molecule has 1 aromatic rings. The fraction of sp³-hybridized carbons (Fsp3) is 0.643. The van der Waals surface area contributed by atoms with Crippen LogP contribution in [0.5, 0.6) is 0 Å². The molecule has 0 bridgehead atoms. The third kappa shape index (κ3) is 2.90. The number of carbonyl (C=O) groups is 1. The average molecular weight is 327 g/mol. The van der Waals surface area contributed by atoms with Crippen molar-refractivity contribution in [1.29, 1.82) is 0 Å². The maximum atomic E-state index is 12.5. The number of amides is 1. The maximum Gasteiger partial charge on any atom is 0.289 e. The number of hydrogen-bond donors (Lipinski definition) is 2. The van der Waals surface area contributed by atoms with Crippen LogP contribution >= 0.6 is 0 Å². The summed E-state index contributed by atoms with van der Waals surface area (Å²) in [6, 6.07) is 1.24. The Kier molecular flexibility index (Phi) is 4.00. The van der Waals surface area contributed by atoms with E-state index < -0.39 is 10.0 Å². The molecule has 3 N–H and O–H groups in total. The summed E-state index contributed by atoms with van der Waals surface area (Å²) in [5, 5.41) is 8.51. The van der Waals surface area contributed by atoms with Crippen molar-refractivity contribution in [3.8, 4) is 0 Å². The van der Waals surface area contributed by atoms with E-state index in [4.69, 9.17) is 9.56 Å². The van der Waals surface area contributed by atoms with Crippen LogP contribution in [-0.2, 0) is 10.0 Å². The molecule has 1 amide bonds. The van der Waals surface area contributed by atoms with Gasteiger partial charge in [-0.25, -0.2) is 13.6 Å². The van der Waals surface area contributed by atoms with Crippen molar-refractivity contribution in [2.45, 2.75) is 24.7 Å². The third-order valence-corrected chi connectivity index (χ3v) is 5.71. The number of aryl methyl sites for hydroxylation is 1. The third-order valence-electron chi connectivity index (χ3n) is 4.70. The summed E-state index contributed by atoms with van der Waals surface area (Å²) in [6.07, 6.45) is 1.93. The van der Waals surface area contributed by atoms with E-state index in [9.17, 15) is 13.2 Å². The second-order valence-electron chi connectivity index (χ2n) is 6.12. The number of hydrogen-bond acceptors (Lipinski definition) is 5. The van der Waals surface area contributed by atoms with E-state index >= 15 is 0 Å². The van der Waals surface area contributed by atoms with Gasteiger partial charge < -0.3 is 14.6 Å². The lowest BCUT2D eigenvalue weighted by molar-refractivity contribution is 0.0725. The van der Waals surface area contributed by atoms with Crippen molar-refractivity contribution < 1.29 is 17.6 Å². The Morgan fingerprint density at radius 3 is 2.41 bits per heavy atom. The molecule has 122 valence electrons. The van der Waals surface area contributed by atoms with Crippen molar-refractivity contribution in [2.24, 2.45) is 17.0 Å². The van der Waals surface area contributed by atoms with Gasteiger partial charge in [0.2, 0.25) is 10.0 Å². The van der Waals surface area contributed by atoms with E-state index in [1.54, 1.807) is 4.90 Å². The van der Waals surface area contributed by atoms with Gasteiger partial charge in [-0.05, 0) is 44.7 Å². The van der Waals surface area contributed by atoms with E-state index in [1.807, 2.05) is 0 Å². The van der Waals surface area contributed by atoms with E-state index in [2.05, 4.69) is 5.32 Å². The predicted octanol–water partition coefficient (Wildman–Crippen LogP) is 0.307. The van der Waals surface area contributed by atoms with Crippen LogP contribution in [0.3, 0.4) is 0 Å². The number of nitrogens with zero attached hydrogens (tertiary/aromatic N) is 1. The number of likely N-dealkylation sites (tertiary alicyclic amines) is 1.